The molecule has 19 heavy (non-hydrogen) atoms. The zero-order valence-electron chi connectivity index (χ0n) is 11.7. The van der Waals surface area contributed by atoms with Crippen LogP contribution in [0.15, 0.2) is 24.3 Å². The van der Waals surface area contributed by atoms with Crippen molar-refractivity contribution in [2.45, 2.75) is 38.5 Å². The average molecular weight is 255 g/mol. The third kappa shape index (κ3) is 2.25. The summed E-state index contributed by atoms with van der Waals surface area (Å²) in [7, 11) is 2.00. The molecule has 3 nitrogen and oxygen atoms in total. The third-order valence-corrected chi connectivity index (χ3v) is 3.94. The van der Waals surface area contributed by atoms with Gasteiger partial charge in [0.25, 0.3) is 0 Å². The molecule has 0 saturated heterocycles. The second-order valence-corrected chi connectivity index (χ2v) is 5.47. The minimum atomic E-state index is 0.766. The van der Waals surface area contributed by atoms with Gasteiger partial charge in [-0.2, -0.15) is 0 Å². The van der Waals surface area contributed by atoms with Gasteiger partial charge in [-0.15, -0.1) is 0 Å². The fourth-order valence-electron chi connectivity index (χ4n) is 2.55. The lowest BCUT2D eigenvalue weighted by atomic mass is 10.1. The molecule has 1 aliphatic carbocycles. The maximum absolute atomic E-state index is 6.18. The van der Waals surface area contributed by atoms with Gasteiger partial charge in [-0.3, -0.25) is 0 Å². The Hall–Kier alpha value is -1.77. The van der Waals surface area contributed by atoms with E-state index in [0.29, 0.717) is 0 Å². The predicted octanol–water partition coefficient (Wildman–Crippen LogP) is 3.50. The van der Waals surface area contributed by atoms with E-state index in [1.165, 1.54) is 18.4 Å². The maximum Gasteiger partial charge on any atom is 0.131 e. The summed E-state index contributed by atoms with van der Waals surface area (Å²) in [6.45, 7) is 2.16. The van der Waals surface area contributed by atoms with Gasteiger partial charge in [-0.1, -0.05) is 31.2 Å². The number of anilines is 1. The van der Waals surface area contributed by atoms with E-state index in [4.69, 9.17) is 10.7 Å². The number of hydrogen-bond acceptors (Lipinski definition) is 2. The Morgan fingerprint density at radius 1 is 1.26 bits per heavy atom. The Morgan fingerprint density at radius 3 is 2.53 bits per heavy atom. The van der Waals surface area contributed by atoms with E-state index in [9.17, 15) is 0 Å². The van der Waals surface area contributed by atoms with Crippen molar-refractivity contribution in [3.05, 3.63) is 35.7 Å². The fraction of sp³-hybridized carbons (Fsp3) is 0.438. The summed E-state index contributed by atoms with van der Waals surface area (Å²) in [5.41, 5.74) is 9.68. The van der Waals surface area contributed by atoms with Gasteiger partial charge in [0.1, 0.15) is 17.3 Å². The zero-order chi connectivity index (χ0) is 13.4. The standard InChI is InChI=1S/C16H21N3/c1-3-4-14-18-15(16(17)19(14)2)13-9-7-12(8-10-13)11-5-6-11/h7-11H,3-6,17H2,1-2H3. The summed E-state index contributed by atoms with van der Waals surface area (Å²) in [5.74, 6) is 2.63. The molecule has 2 aromatic rings. The van der Waals surface area contributed by atoms with E-state index in [1.54, 1.807) is 0 Å². The lowest BCUT2D eigenvalue weighted by Crippen LogP contribution is -2.01. The molecule has 1 fully saturated rings. The van der Waals surface area contributed by atoms with Crippen LogP contribution >= 0.6 is 0 Å². The molecular weight excluding hydrogens is 234 g/mol. The van der Waals surface area contributed by atoms with Crippen LogP contribution in [0.5, 0.6) is 0 Å². The summed E-state index contributed by atoms with van der Waals surface area (Å²) >= 11 is 0. The van der Waals surface area contributed by atoms with Crippen LogP contribution < -0.4 is 5.73 Å². The van der Waals surface area contributed by atoms with E-state index in [2.05, 4.69) is 31.2 Å². The second kappa shape index (κ2) is 4.72. The van der Waals surface area contributed by atoms with Crippen LogP contribution in [0.2, 0.25) is 0 Å². The molecule has 2 N–H and O–H groups in total. The molecule has 1 aromatic heterocycles. The van der Waals surface area contributed by atoms with Crippen LogP contribution in [-0.2, 0) is 13.5 Å². The number of nitrogen functional groups attached to an aromatic ring is 1. The molecule has 3 heteroatoms. The molecule has 0 aliphatic heterocycles. The van der Waals surface area contributed by atoms with Crippen LogP contribution in [-0.4, -0.2) is 9.55 Å². The second-order valence-electron chi connectivity index (χ2n) is 5.47. The lowest BCUT2D eigenvalue weighted by molar-refractivity contribution is 0.764. The minimum absolute atomic E-state index is 0.766. The van der Waals surface area contributed by atoms with Gasteiger partial charge < -0.3 is 10.3 Å². The van der Waals surface area contributed by atoms with Crippen molar-refractivity contribution in [2.75, 3.05) is 5.73 Å². The van der Waals surface area contributed by atoms with Crippen LogP contribution in [0, 0.1) is 0 Å². The molecule has 1 saturated carbocycles. The van der Waals surface area contributed by atoms with E-state index < -0.39 is 0 Å². The van der Waals surface area contributed by atoms with E-state index in [-0.39, 0.29) is 0 Å². The monoisotopic (exact) mass is 255 g/mol. The van der Waals surface area contributed by atoms with Gasteiger partial charge in [0, 0.05) is 19.0 Å². The number of hydrogen-bond donors (Lipinski definition) is 1. The zero-order valence-corrected chi connectivity index (χ0v) is 11.7. The first-order valence-corrected chi connectivity index (χ1v) is 7.12. The first-order chi connectivity index (χ1) is 9.20. The average Bonchev–Trinajstić information content (AvgIpc) is 3.23. The first kappa shape index (κ1) is 12.3. The van der Waals surface area contributed by atoms with Gasteiger partial charge in [-0.25, -0.2) is 4.98 Å². The first-order valence-electron chi connectivity index (χ1n) is 7.12. The molecule has 1 heterocycles. The molecule has 0 atom stereocenters. The van der Waals surface area contributed by atoms with Crippen molar-refractivity contribution in [1.29, 1.82) is 0 Å². The van der Waals surface area contributed by atoms with Crippen molar-refractivity contribution in [1.82, 2.24) is 9.55 Å². The molecule has 0 unspecified atom stereocenters. The van der Waals surface area contributed by atoms with Crippen molar-refractivity contribution in [3.8, 4) is 11.3 Å². The molecular formula is C16H21N3. The Balaban J connectivity index is 1.94. The Bertz CT molecular complexity index is 577. The lowest BCUT2D eigenvalue weighted by Gasteiger charge is -2.02. The van der Waals surface area contributed by atoms with Crippen molar-refractivity contribution >= 4 is 5.82 Å². The highest BCUT2D eigenvalue weighted by atomic mass is 15.1. The number of aromatic nitrogens is 2. The van der Waals surface area contributed by atoms with E-state index >= 15 is 0 Å². The summed E-state index contributed by atoms with van der Waals surface area (Å²) < 4.78 is 2.01. The number of imidazole rings is 1. The highest BCUT2D eigenvalue weighted by Gasteiger charge is 2.23. The van der Waals surface area contributed by atoms with Gasteiger partial charge in [0.05, 0.1) is 0 Å². The molecule has 1 aromatic carbocycles. The highest BCUT2D eigenvalue weighted by molar-refractivity contribution is 5.71. The molecule has 0 bridgehead atoms. The largest absolute Gasteiger partial charge is 0.383 e. The molecule has 100 valence electrons. The summed E-state index contributed by atoms with van der Waals surface area (Å²) in [6.07, 6.45) is 4.74. The maximum atomic E-state index is 6.18. The van der Waals surface area contributed by atoms with Crippen LogP contribution in [0.25, 0.3) is 11.3 Å². The normalized spacial score (nSPS) is 14.8. The highest BCUT2D eigenvalue weighted by Crippen LogP contribution is 2.40. The minimum Gasteiger partial charge on any atom is -0.383 e. The fourth-order valence-corrected chi connectivity index (χ4v) is 2.55. The summed E-state index contributed by atoms with van der Waals surface area (Å²) in [6, 6.07) is 8.76. The van der Waals surface area contributed by atoms with E-state index in [0.717, 1.165) is 41.7 Å². The SMILES string of the molecule is CCCc1nc(-c2ccc(C3CC3)cc2)c(N)n1C. The van der Waals surface area contributed by atoms with Crippen LogP contribution in [0.4, 0.5) is 5.82 Å². The third-order valence-electron chi connectivity index (χ3n) is 3.94. The van der Waals surface area contributed by atoms with Crippen LogP contribution in [0.1, 0.15) is 43.5 Å². The van der Waals surface area contributed by atoms with Gasteiger partial charge in [-0.05, 0) is 30.7 Å². The predicted molar refractivity (Wildman–Crippen MR) is 79.0 cm³/mol. The number of rotatable bonds is 4. The van der Waals surface area contributed by atoms with Gasteiger partial charge in [0.15, 0.2) is 0 Å². The summed E-state index contributed by atoms with van der Waals surface area (Å²) in [4.78, 5) is 4.70. The molecule has 0 radical (unpaired) electrons. The summed E-state index contributed by atoms with van der Waals surface area (Å²) in [5, 5.41) is 0. The topological polar surface area (TPSA) is 43.8 Å². The Labute approximate surface area is 114 Å². The number of aryl methyl sites for hydroxylation is 1. The number of nitrogens with zero attached hydrogens (tertiary/aromatic N) is 2. The van der Waals surface area contributed by atoms with Crippen molar-refractivity contribution < 1.29 is 0 Å². The van der Waals surface area contributed by atoms with Crippen LogP contribution in [0.3, 0.4) is 0 Å². The number of benzene rings is 1. The number of nitrogens with two attached hydrogens (primary N) is 1. The van der Waals surface area contributed by atoms with E-state index in [1.807, 2.05) is 11.6 Å². The Morgan fingerprint density at radius 2 is 1.95 bits per heavy atom. The van der Waals surface area contributed by atoms with Crippen molar-refractivity contribution in [2.24, 2.45) is 7.05 Å². The smallest absolute Gasteiger partial charge is 0.131 e. The van der Waals surface area contributed by atoms with Gasteiger partial charge in [0.2, 0.25) is 0 Å². The molecule has 1 aliphatic rings. The molecule has 0 spiro atoms. The van der Waals surface area contributed by atoms with Gasteiger partial charge >= 0.3 is 0 Å². The van der Waals surface area contributed by atoms with Crippen molar-refractivity contribution in [3.63, 3.8) is 0 Å². The molecule has 0 amide bonds. The quantitative estimate of drug-likeness (QED) is 0.908. The Kier molecular flexibility index (Phi) is 3.05. The molecule has 3 rings (SSSR count).